The van der Waals surface area contributed by atoms with E-state index in [-0.39, 0.29) is 49.5 Å². The van der Waals surface area contributed by atoms with Crippen molar-refractivity contribution in [2.24, 2.45) is 23.5 Å². The summed E-state index contributed by atoms with van der Waals surface area (Å²) in [5.74, 6) is -17.6. The van der Waals surface area contributed by atoms with Gasteiger partial charge in [-0.05, 0) is 53.0 Å². The van der Waals surface area contributed by atoms with Crippen LogP contribution in [0.2, 0.25) is 0 Å². The molecule has 0 saturated heterocycles. The van der Waals surface area contributed by atoms with E-state index in [1.807, 2.05) is 12.1 Å². The molecule has 19 N–H and O–H groups in total. The fourth-order valence-electron chi connectivity index (χ4n) is 10.8. The van der Waals surface area contributed by atoms with E-state index in [0.29, 0.717) is 34.0 Å². The normalized spacial score (nSPS) is 14.6. The van der Waals surface area contributed by atoms with Crippen molar-refractivity contribution in [3.05, 3.63) is 108 Å². The van der Waals surface area contributed by atoms with Crippen LogP contribution >= 0.6 is 25.3 Å². The number of hydrogen-bond donors (Lipinski definition) is 20. The van der Waals surface area contributed by atoms with Gasteiger partial charge in [0.25, 0.3) is 0 Å². The van der Waals surface area contributed by atoms with Crippen LogP contribution < -0.4 is 69.5 Å². The number of hydrogen-bond acceptors (Lipinski definition) is 18. The van der Waals surface area contributed by atoms with Gasteiger partial charge in [-0.3, -0.25) is 67.1 Å². The average Bonchev–Trinajstić information content (AvgIpc) is 1.63. The fraction of sp³-hybridized carbons (Fsp3) is 0.464. The first-order chi connectivity index (χ1) is 49.4. The number of carboxylic acid groups (broad SMARTS) is 3. The highest BCUT2D eigenvalue weighted by Crippen LogP contribution is 2.22. The molecule has 3 aromatic carbocycles. The Morgan fingerprint density at radius 3 is 1.31 bits per heavy atom. The third-order valence-corrected chi connectivity index (χ3v) is 17.7. The van der Waals surface area contributed by atoms with Crippen molar-refractivity contribution >= 4 is 136 Å². The SMILES string of the molecule is CC[C@H](C)[C@H](NC(=O)[C@H](CC(=O)O)NC(=O)[C@H](CC(C)C)NC(=O)[C@@H](Cc1c[nH]c2ccccc12)NC(=O)[C@H](Cc1ccccc1)NC(=O)[C@H](CS)NC(=O)CNC(=O)[C@H](CS)NC(=O)CNC(=O)CNC(=O)[C@@H](N)CC(=O)O)C(=O)N[C@H](C(=O)N[C@@H](Cc1c[nH]c2ccccc12)C(=O)O)[C@@H](C)CC. The second kappa shape index (κ2) is 41.5. The molecule has 104 heavy (non-hydrogen) atoms. The molecule has 12 amide bonds. The number of H-pyrrole nitrogens is 2. The Balaban J connectivity index is 1.32. The van der Waals surface area contributed by atoms with Crippen LogP contribution in [0.4, 0.5) is 0 Å². The van der Waals surface area contributed by atoms with Crippen molar-refractivity contribution in [1.29, 1.82) is 0 Å². The Kier molecular flexibility index (Phi) is 33.6. The molecule has 0 aliphatic rings. The van der Waals surface area contributed by atoms with Gasteiger partial charge < -0.3 is 94.8 Å². The first kappa shape index (κ1) is 84.1. The van der Waals surface area contributed by atoms with Crippen LogP contribution in [-0.4, -0.2) is 206 Å². The summed E-state index contributed by atoms with van der Waals surface area (Å²) in [4.78, 5) is 207. The largest absolute Gasteiger partial charge is 0.481 e. The molecule has 564 valence electrons. The number of nitrogens with one attached hydrogen (secondary N) is 14. The summed E-state index contributed by atoms with van der Waals surface area (Å²) >= 11 is 8.35. The van der Waals surface area contributed by atoms with Gasteiger partial charge in [-0.1, -0.05) is 121 Å². The molecule has 0 bridgehead atoms. The van der Waals surface area contributed by atoms with Gasteiger partial charge in [-0.2, -0.15) is 25.3 Å². The molecule has 0 saturated carbocycles. The standard InChI is InChI=1S/C69H93N15O18S2/c1-7-36(5)58(67(99)82-50(69(101)102)25-40-29-72-45-21-15-13-19-42(40)45)84-68(100)59(37(6)8-2)83-65(97)49(27-57(90)91)81-62(94)46(22-35(3)4)78-64(96)48(24-39-28-71-44-20-14-12-18-41(39)44)80-63(95)47(23-38-16-10-9-11-17-38)79-66(98)52(34-104)77-55(87)32-75-61(93)51(33-103)76-54(86)31-73-53(85)30-74-60(92)43(70)26-56(88)89/h9-21,28-29,35-37,43,46-52,58-59,71-72,103-104H,7-8,22-27,30-34,70H2,1-6H3,(H,73,85)(H,74,92)(H,75,93)(H,76,86)(H,77,87)(H,78,96)(H,79,98)(H,80,95)(H,81,94)(H,82,99)(H,83,97)(H,84,100)(H,88,89)(H,90,91)(H,101,102)/t36-,37-,43-,46-,47-,48+,49-,50-,51-,52-,58-,59-/m0/s1. The van der Waals surface area contributed by atoms with E-state index >= 15 is 0 Å². The maximum absolute atomic E-state index is 15.0. The Morgan fingerprint density at radius 1 is 0.413 bits per heavy atom. The van der Waals surface area contributed by atoms with Crippen LogP contribution in [-0.2, 0) is 91.2 Å². The number of benzene rings is 3. The van der Waals surface area contributed by atoms with Crippen molar-refractivity contribution in [3.8, 4) is 0 Å². The smallest absolute Gasteiger partial charge is 0.326 e. The number of thiol groups is 2. The number of aliphatic carboxylic acids is 3. The average molecular weight is 1480 g/mol. The summed E-state index contributed by atoms with van der Waals surface area (Å²) in [6.07, 6.45) is 1.50. The molecule has 0 aliphatic carbocycles. The van der Waals surface area contributed by atoms with Gasteiger partial charge >= 0.3 is 17.9 Å². The van der Waals surface area contributed by atoms with Crippen LogP contribution in [0.25, 0.3) is 21.8 Å². The molecule has 35 heteroatoms. The van der Waals surface area contributed by atoms with Gasteiger partial charge in [0.05, 0.1) is 38.5 Å². The Labute approximate surface area is 610 Å². The molecule has 0 radical (unpaired) electrons. The van der Waals surface area contributed by atoms with E-state index in [1.54, 1.807) is 121 Å². The first-order valence-electron chi connectivity index (χ1n) is 33.7. The van der Waals surface area contributed by atoms with E-state index in [2.05, 4.69) is 99.0 Å². The van der Waals surface area contributed by atoms with Crippen molar-refractivity contribution in [2.75, 3.05) is 31.1 Å². The second-order valence-electron chi connectivity index (χ2n) is 25.5. The third kappa shape index (κ3) is 26.4. The second-order valence-corrected chi connectivity index (χ2v) is 26.2. The van der Waals surface area contributed by atoms with E-state index in [1.165, 1.54) is 0 Å². The highest BCUT2D eigenvalue weighted by molar-refractivity contribution is 7.80. The van der Waals surface area contributed by atoms with E-state index < -0.39 is 194 Å². The maximum Gasteiger partial charge on any atom is 0.326 e. The molecule has 0 unspecified atom stereocenters. The molecular formula is C69H93N15O18S2. The predicted molar refractivity (Wildman–Crippen MR) is 387 cm³/mol. The molecule has 0 spiro atoms. The van der Waals surface area contributed by atoms with Gasteiger partial charge in [0.2, 0.25) is 70.9 Å². The minimum atomic E-state index is -1.88. The number of carboxylic acids is 3. The zero-order valence-electron chi connectivity index (χ0n) is 58.3. The summed E-state index contributed by atoms with van der Waals surface area (Å²) in [7, 11) is 0. The fourth-order valence-corrected chi connectivity index (χ4v) is 11.4. The number of fused-ring (bicyclic) bond motifs is 2. The van der Waals surface area contributed by atoms with Crippen LogP contribution in [0.15, 0.2) is 91.3 Å². The lowest BCUT2D eigenvalue weighted by molar-refractivity contribution is -0.143. The lowest BCUT2D eigenvalue weighted by Crippen LogP contribution is -2.62. The van der Waals surface area contributed by atoms with Crippen LogP contribution in [0.5, 0.6) is 0 Å². The molecule has 0 aliphatic heterocycles. The van der Waals surface area contributed by atoms with Crippen molar-refractivity contribution < 1.29 is 87.2 Å². The Bertz CT molecular complexity index is 3870. The lowest BCUT2D eigenvalue weighted by Gasteiger charge is -2.31. The van der Waals surface area contributed by atoms with Crippen LogP contribution in [0.1, 0.15) is 90.3 Å². The minimum Gasteiger partial charge on any atom is -0.481 e. The molecule has 5 aromatic rings. The van der Waals surface area contributed by atoms with Crippen molar-refractivity contribution in [1.82, 2.24) is 73.8 Å². The number of aromatic nitrogens is 2. The Morgan fingerprint density at radius 2 is 0.808 bits per heavy atom. The summed E-state index contributed by atoms with van der Waals surface area (Å²) in [6, 6.07) is 7.75. The molecule has 2 aromatic heterocycles. The molecule has 0 fully saturated rings. The number of carbonyl (C=O) groups excluding carboxylic acids is 12. The van der Waals surface area contributed by atoms with Crippen LogP contribution in [0, 0.1) is 17.8 Å². The van der Waals surface area contributed by atoms with Crippen LogP contribution in [0.3, 0.4) is 0 Å². The minimum absolute atomic E-state index is 0.107. The maximum atomic E-state index is 15.0. The highest BCUT2D eigenvalue weighted by Gasteiger charge is 2.39. The summed E-state index contributed by atoms with van der Waals surface area (Å²) in [5, 5.41) is 60.4. The van der Waals surface area contributed by atoms with Gasteiger partial charge in [0, 0.05) is 65.0 Å². The number of aromatic amines is 2. The molecule has 5 rings (SSSR count). The molecule has 12 atom stereocenters. The van der Waals surface area contributed by atoms with Gasteiger partial charge in [0.1, 0.15) is 54.4 Å². The third-order valence-electron chi connectivity index (χ3n) is 17.0. The molecular weight excluding hydrogens is 1390 g/mol. The first-order valence-corrected chi connectivity index (χ1v) is 34.9. The number of amides is 12. The predicted octanol–water partition coefficient (Wildman–Crippen LogP) is -1.25. The zero-order valence-corrected chi connectivity index (χ0v) is 60.1. The molecule has 2 heterocycles. The number of rotatable bonds is 43. The number of nitrogens with two attached hydrogens (primary N) is 1. The quantitative estimate of drug-likeness (QED) is 0.0203. The monoisotopic (exact) mass is 1480 g/mol. The highest BCUT2D eigenvalue weighted by atomic mass is 32.1. The lowest BCUT2D eigenvalue weighted by atomic mass is 9.94. The summed E-state index contributed by atoms with van der Waals surface area (Å²) in [6.45, 7) is 8.11. The van der Waals surface area contributed by atoms with Gasteiger partial charge in [0.15, 0.2) is 0 Å². The topological polar surface area (TPSA) is 519 Å². The van der Waals surface area contributed by atoms with Crippen molar-refractivity contribution in [3.63, 3.8) is 0 Å². The Hall–Kier alpha value is -10.6. The van der Waals surface area contributed by atoms with Gasteiger partial charge in [-0.25, -0.2) is 4.79 Å². The van der Waals surface area contributed by atoms with E-state index in [4.69, 9.17) is 10.8 Å². The van der Waals surface area contributed by atoms with Crippen molar-refractivity contribution in [2.45, 2.75) is 153 Å². The molecule has 33 nitrogen and oxygen atoms in total. The summed E-state index contributed by atoms with van der Waals surface area (Å²) in [5.41, 5.74) is 8.55. The summed E-state index contributed by atoms with van der Waals surface area (Å²) < 4.78 is 0. The number of carbonyl (C=O) groups is 15. The zero-order chi connectivity index (χ0) is 76.9. The van der Waals surface area contributed by atoms with E-state index in [0.717, 1.165) is 10.9 Å². The van der Waals surface area contributed by atoms with E-state index in [9.17, 15) is 82.1 Å². The van der Waals surface area contributed by atoms with Gasteiger partial charge in [-0.15, -0.1) is 0 Å². The number of para-hydroxylation sites is 2.